The van der Waals surface area contributed by atoms with Crippen LogP contribution in [0.5, 0.6) is 0 Å². The van der Waals surface area contributed by atoms with E-state index in [4.69, 9.17) is 4.42 Å². The Hall–Kier alpha value is -1.81. The van der Waals surface area contributed by atoms with Gasteiger partial charge >= 0.3 is 0 Å². The average Bonchev–Trinajstić information content (AvgIpc) is 2.90. The molecule has 0 aliphatic carbocycles. The van der Waals surface area contributed by atoms with Crippen molar-refractivity contribution < 1.29 is 9.21 Å². The van der Waals surface area contributed by atoms with Crippen LogP contribution in [0.3, 0.4) is 0 Å². The molecule has 1 atom stereocenters. The van der Waals surface area contributed by atoms with Crippen molar-refractivity contribution in [2.45, 2.75) is 26.3 Å². The van der Waals surface area contributed by atoms with Crippen molar-refractivity contribution in [2.75, 3.05) is 13.6 Å². The zero-order valence-electron chi connectivity index (χ0n) is 12.3. The first-order chi connectivity index (χ1) is 9.61. The van der Waals surface area contributed by atoms with Crippen LogP contribution in [0.25, 0.3) is 11.0 Å². The monoisotopic (exact) mass is 274 g/mol. The lowest BCUT2D eigenvalue weighted by atomic mass is 10.0. The molecule has 0 spiro atoms. The number of hydrogen-bond donors (Lipinski definition) is 2. The van der Waals surface area contributed by atoms with Gasteiger partial charge < -0.3 is 15.1 Å². The summed E-state index contributed by atoms with van der Waals surface area (Å²) in [6.07, 6.45) is 2.64. The summed E-state index contributed by atoms with van der Waals surface area (Å²) in [5.74, 6) is 0.544. The van der Waals surface area contributed by atoms with Gasteiger partial charge in [0.2, 0.25) is 0 Å². The fraction of sp³-hybridized carbons (Fsp3) is 0.438. The normalized spacial score (nSPS) is 12.8. The zero-order chi connectivity index (χ0) is 14.5. The van der Waals surface area contributed by atoms with Crippen molar-refractivity contribution in [3.05, 3.63) is 36.1 Å². The number of rotatable bonds is 6. The molecule has 2 rings (SSSR count). The first kappa shape index (κ1) is 14.6. The number of carbonyl (C=O) groups is 1. The second-order valence-corrected chi connectivity index (χ2v) is 5.46. The Morgan fingerprint density at radius 1 is 1.30 bits per heavy atom. The molecule has 1 aromatic carbocycles. The molecular weight excluding hydrogens is 252 g/mol. The predicted octanol–water partition coefficient (Wildman–Crippen LogP) is 2.80. The summed E-state index contributed by atoms with van der Waals surface area (Å²) in [5.41, 5.74) is 1.40. The van der Waals surface area contributed by atoms with Crippen molar-refractivity contribution in [3.8, 4) is 0 Å². The minimum atomic E-state index is -0.0546. The molecule has 2 aromatic rings. The highest BCUT2D eigenvalue weighted by Crippen LogP contribution is 2.19. The minimum Gasteiger partial charge on any atom is -0.464 e. The van der Waals surface area contributed by atoms with Crippen molar-refractivity contribution in [3.63, 3.8) is 0 Å². The van der Waals surface area contributed by atoms with Gasteiger partial charge in [0.1, 0.15) is 5.58 Å². The van der Waals surface area contributed by atoms with Crippen LogP contribution in [-0.4, -0.2) is 25.5 Å². The molecule has 0 aliphatic heterocycles. The molecule has 0 aliphatic rings. The maximum atomic E-state index is 12.3. The van der Waals surface area contributed by atoms with Crippen LogP contribution < -0.4 is 10.6 Å². The molecule has 4 nitrogen and oxygen atoms in total. The quantitative estimate of drug-likeness (QED) is 0.851. The summed E-state index contributed by atoms with van der Waals surface area (Å²) in [7, 11) is 1.93. The number of furan rings is 1. The Labute approximate surface area is 119 Å². The molecule has 2 N–H and O–H groups in total. The summed E-state index contributed by atoms with van der Waals surface area (Å²) in [4.78, 5) is 12.3. The molecule has 108 valence electrons. The number of nitrogens with one attached hydrogen (secondary N) is 2. The lowest BCUT2D eigenvalue weighted by Gasteiger charge is -2.19. The highest BCUT2D eigenvalue weighted by Gasteiger charge is 2.14. The van der Waals surface area contributed by atoms with Gasteiger partial charge in [0.15, 0.2) is 0 Å². The lowest BCUT2D eigenvalue weighted by Crippen LogP contribution is -2.40. The van der Waals surface area contributed by atoms with Gasteiger partial charge in [-0.1, -0.05) is 19.9 Å². The van der Waals surface area contributed by atoms with Gasteiger partial charge in [-0.25, -0.2) is 0 Å². The Kier molecular flexibility index (Phi) is 4.79. The first-order valence-corrected chi connectivity index (χ1v) is 7.03. The van der Waals surface area contributed by atoms with E-state index >= 15 is 0 Å². The third-order valence-corrected chi connectivity index (χ3v) is 3.41. The van der Waals surface area contributed by atoms with Gasteiger partial charge in [-0.15, -0.1) is 0 Å². The summed E-state index contributed by atoms with van der Waals surface area (Å²) < 4.78 is 5.32. The van der Waals surface area contributed by atoms with E-state index in [-0.39, 0.29) is 5.91 Å². The van der Waals surface area contributed by atoms with Crippen molar-refractivity contribution in [2.24, 2.45) is 5.92 Å². The fourth-order valence-corrected chi connectivity index (χ4v) is 2.38. The molecule has 4 heteroatoms. The van der Waals surface area contributed by atoms with Crippen LogP contribution in [0, 0.1) is 5.92 Å². The van der Waals surface area contributed by atoms with E-state index in [1.807, 2.05) is 31.3 Å². The van der Waals surface area contributed by atoms with Gasteiger partial charge in [0.05, 0.1) is 11.8 Å². The Morgan fingerprint density at radius 2 is 2.10 bits per heavy atom. The van der Waals surface area contributed by atoms with Crippen LogP contribution in [0.2, 0.25) is 0 Å². The molecule has 1 aromatic heterocycles. The summed E-state index contributed by atoms with van der Waals surface area (Å²) in [6.45, 7) is 4.98. The van der Waals surface area contributed by atoms with Gasteiger partial charge in [-0.3, -0.25) is 4.79 Å². The standard InChI is InChI=1S/C16H22N2O2/c1-11(2)9-12(17-3)10-18-16(19)14-5-4-6-15-13(14)7-8-20-15/h4-8,11-12,17H,9-10H2,1-3H3,(H,18,19)/t12-/m0/s1. The van der Waals surface area contributed by atoms with Crippen molar-refractivity contribution >= 4 is 16.9 Å². The Bertz CT molecular complexity index is 575. The number of fused-ring (bicyclic) bond motifs is 1. The average molecular weight is 274 g/mol. The summed E-state index contributed by atoms with van der Waals surface area (Å²) in [6, 6.07) is 7.64. The highest BCUT2D eigenvalue weighted by molar-refractivity contribution is 6.05. The first-order valence-electron chi connectivity index (χ1n) is 7.03. The SMILES string of the molecule is CN[C@H](CNC(=O)c1cccc2occc12)CC(C)C. The summed E-state index contributed by atoms with van der Waals surface area (Å²) >= 11 is 0. The van der Waals surface area contributed by atoms with E-state index in [2.05, 4.69) is 24.5 Å². The topological polar surface area (TPSA) is 54.3 Å². The number of benzene rings is 1. The maximum Gasteiger partial charge on any atom is 0.252 e. The molecule has 0 bridgehead atoms. The molecule has 0 fully saturated rings. The van der Waals surface area contributed by atoms with Gasteiger partial charge in [-0.2, -0.15) is 0 Å². The van der Waals surface area contributed by atoms with Crippen molar-refractivity contribution in [1.82, 2.24) is 10.6 Å². The fourth-order valence-electron chi connectivity index (χ4n) is 2.38. The second kappa shape index (κ2) is 6.57. The molecule has 1 amide bonds. The third kappa shape index (κ3) is 3.39. The minimum absolute atomic E-state index is 0.0546. The number of likely N-dealkylation sites (N-methyl/N-ethyl adjacent to an activating group) is 1. The largest absolute Gasteiger partial charge is 0.464 e. The number of hydrogen-bond acceptors (Lipinski definition) is 3. The van der Waals surface area contributed by atoms with E-state index in [1.165, 1.54) is 0 Å². The Morgan fingerprint density at radius 3 is 2.80 bits per heavy atom. The highest BCUT2D eigenvalue weighted by atomic mass is 16.3. The number of amides is 1. The molecule has 0 radical (unpaired) electrons. The van der Waals surface area contributed by atoms with Crippen LogP contribution in [-0.2, 0) is 0 Å². The van der Waals surface area contributed by atoms with E-state index in [0.29, 0.717) is 24.1 Å². The molecule has 0 saturated heterocycles. The van der Waals surface area contributed by atoms with Crippen molar-refractivity contribution in [1.29, 1.82) is 0 Å². The molecule has 0 saturated carbocycles. The van der Waals surface area contributed by atoms with Crippen LogP contribution in [0.15, 0.2) is 34.9 Å². The van der Waals surface area contributed by atoms with E-state index in [0.717, 1.165) is 17.4 Å². The molecular formula is C16H22N2O2. The Balaban J connectivity index is 2.03. The van der Waals surface area contributed by atoms with Gasteiger partial charge in [0, 0.05) is 18.0 Å². The predicted molar refractivity (Wildman–Crippen MR) is 80.8 cm³/mol. The smallest absolute Gasteiger partial charge is 0.252 e. The summed E-state index contributed by atoms with van der Waals surface area (Å²) in [5, 5.41) is 7.09. The molecule has 1 heterocycles. The van der Waals surface area contributed by atoms with Crippen LogP contribution in [0.1, 0.15) is 30.6 Å². The second-order valence-electron chi connectivity index (χ2n) is 5.46. The molecule has 20 heavy (non-hydrogen) atoms. The number of carbonyl (C=O) groups excluding carboxylic acids is 1. The molecule has 0 unspecified atom stereocenters. The maximum absolute atomic E-state index is 12.3. The third-order valence-electron chi connectivity index (χ3n) is 3.41. The van der Waals surface area contributed by atoms with E-state index < -0.39 is 0 Å². The van der Waals surface area contributed by atoms with Crippen LogP contribution in [0.4, 0.5) is 0 Å². The zero-order valence-corrected chi connectivity index (χ0v) is 12.3. The van der Waals surface area contributed by atoms with Gasteiger partial charge in [0.25, 0.3) is 5.91 Å². The van der Waals surface area contributed by atoms with Crippen LogP contribution >= 0.6 is 0 Å². The van der Waals surface area contributed by atoms with Gasteiger partial charge in [-0.05, 0) is 37.6 Å². The van der Waals surface area contributed by atoms with E-state index in [9.17, 15) is 4.79 Å². The van der Waals surface area contributed by atoms with E-state index in [1.54, 1.807) is 6.26 Å². The lowest BCUT2D eigenvalue weighted by molar-refractivity contribution is 0.0950.